The van der Waals surface area contributed by atoms with Gasteiger partial charge in [-0.15, -0.1) is 0 Å². The molecule has 0 rings (SSSR count). The van der Waals surface area contributed by atoms with Gasteiger partial charge in [0.25, 0.3) is 0 Å². The van der Waals surface area contributed by atoms with Gasteiger partial charge in [0.05, 0.1) is 23.7 Å². The van der Waals surface area contributed by atoms with E-state index in [2.05, 4.69) is 0 Å². The van der Waals surface area contributed by atoms with E-state index in [1.165, 1.54) is 0 Å². The van der Waals surface area contributed by atoms with E-state index in [4.69, 9.17) is 0 Å². The number of carbonyl (C=O) groups excluding carboxylic acids is 4. The molecule has 0 spiro atoms. The molecule has 0 aromatic heterocycles. The first-order chi connectivity index (χ1) is 11.5. The normalized spacial score (nSPS) is 11.4. The summed E-state index contributed by atoms with van der Waals surface area (Å²) in [5, 5.41) is 0. The van der Waals surface area contributed by atoms with Gasteiger partial charge in [-0.2, -0.15) is 0 Å². The maximum Gasteiger partial charge on any atom is 0.311 e. The second kappa shape index (κ2) is 13.4. The summed E-state index contributed by atoms with van der Waals surface area (Å²) >= 11 is 0. The summed E-state index contributed by atoms with van der Waals surface area (Å²) in [6, 6.07) is 0. The third-order valence-corrected chi connectivity index (χ3v) is 3.76. The molecule has 0 bridgehead atoms. The molecule has 0 aliphatic carbocycles. The third-order valence-electron chi connectivity index (χ3n) is 3.76. The number of hydrogen-bond donors (Lipinski definition) is 0. The fourth-order valence-electron chi connectivity index (χ4n) is 2.00. The summed E-state index contributed by atoms with van der Waals surface area (Å²) in [5.74, 6) is 2.33. The quantitative estimate of drug-likeness (QED) is 0.288. The van der Waals surface area contributed by atoms with Crippen LogP contribution < -0.4 is 0 Å². The summed E-state index contributed by atoms with van der Waals surface area (Å²) in [6.07, 6.45) is 1.98. The van der Waals surface area contributed by atoms with E-state index in [0.29, 0.717) is 60.7 Å². The van der Waals surface area contributed by atoms with Crippen LogP contribution in [0.15, 0.2) is 0 Å². The van der Waals surface area contributed by atoms with E-state index >= 15 is 0 Å². The molecule has 0 saturated heterocycles. The van der Waals surface area contributed by atoms with Crippen LogP contribution in [0.25, 0.3) is 0 Å². The van der Waals surface area contributed by atoms with Gasteiger partial charge in [-0.25, -0.2) is 0 Å². The Morgan fingerprint density at radius 2 is 0.815 bits per heavy atom. The zero-order valence-electron chi connectivity index (χ0n) is 19.1. The molecule has 4 N–H and O–H groups in total. The Hall–Kier alpha value is -0.801. The molecule has 27 heavy (non-hydrogen) atoms. The average Bonchev–Trinajstić information content (AvgIpc) is 2.34. The van der Waals surface area contributed by atoms with Gasteiger partial charge in [-0.05, 0) is 53.4 Å². The first kappa shape index (κ1) is 30.9. The van der Waals surface area contributed by atoms with E-state index in [0.717, 1.165) is 0 Å². The molecule has 1 radical (unpaired) electrons. The summed E-state index contributed by atoms with van der Waals surface area (Å²) in [5.41, 5.74) is -0.462. The van der Waals surface area contributed by atoms with Gasteiger partial charge in [0.2, 0.25) is 0 Å². The summed E-state index contributed by atoms with van der Waals surface area (Å²) in [7, 11) is 0. The Balaban J connectivity index is -0.000000411. The second-order valence-electron chi connectivity index (χ2n) is 10.1. The molecule has 0 heterocycles. The monoisotopic (exact) mass is 435 g/mol. The van der Waals surface area contributed by atoms with Crippen molar-refractivity contribution in [1.82, 2.24) is 0 Å². The summed E-state index contributed by atoms with van der Waals surface area (Å²) < 4.78 is 0. The summed E-state index contributed by atoms with van der Waals surface area (Å²) in [6.45, 7) is 19.8. The van der Waals surface area contributed by atoms with E-state index in [1.54, 1.807) is 0 Å². The van der Waals surface area contributed by atoms with Crippen molar-refractivity contribution >= 4 is 23.1 Å². The number of ketones is 4. The van der Waals surface area contributed by atoms with Crippen LogP contribution in [-0.2, 0) is 17.1 Å². The predicted octanol–water partition coefficient (Wildman–Crippen LogP) is 5.11. The van der Waals surface area contributed by atoms with Crippen LogP contribution >= 0.6 is 0 Å². The van der Waals surface area contributed by atoms with Gasteiger partial charge >= 0.3 is 23.1 Å². The fourth-order valence-corrected chi connectivity index (χ4v) is 2.00. The molecular formula is C22H44CuO4+4. The van der Waals surface area contributed by atoms with Crippen molar-refractivity contribution in [2.24, 2.45) is 22.7 Å². The first-order valence-electron chi connectivity index (χ1n) is 9.64. The minimum Gasteiger partial charge on any atom is -0.283 e. The van der Waals surface area contributed by atoms with Gasteiger partial charge in [0.15, 0.2) is 12.8 Å². The molecule has 0 aliphatic heterocycles. The van der Waals surface area contributed by atoms with E-state index in [9.17, 15) is 19.2 Å². The molecule has 163 valence electrons. The van der Waals surface area contributed by atoms with Gasteiger partial charge < -0.3 is 0 Å². The molecule has 0 aromatic carbocycles. The van der Waals surface area contributed by atoms with Crippen molar-refractivity contribution in [2.45, 2.75) is 94.9 Å². The molecule has 0 aliphatic rings. The van der Waals surface area contributed by atoms with Crippen molar-refractivity contribution in [3.05, 3.63) is 0 Å². The standard InChI is InChI=1S/2C11H20O2.Cu/c2*1-8(2)6-9(12)7-10(13)11(3,4)5;/h2*8H,6-7H2,1-5H3;/p+4. The van der Waals surface area contributed by atoms with E-state index in [-0.39, 0.29) is 27.9 Å². The zero-order valence-corrected chi connectivity index (χ0v) is 20.0. The van der Waals surface area contributed by atoms with Crippen LogP contribution in [0.2, 0.25) is 0 Å². The molecule has 0 unspecified atom stereocenters. The van der Waals surface area contributed by atoms with Crippen LogP contribution in [0.3, 0.4) is 0 Å². The van der Waals surface area contributed by atoms with Gasteiger partial charge in [-0.1, -0.05) is 27.7 Å². The molecular weight excluding hydrogens is 392 g/mol. The maximum absolute atomic E-state index is 9.60. The van der Waals surface area contributed by atoms with Crippen molar-refractivity contribution in [3.63, 3.8) is 0 Å². The van der Waals surface area contributed by atoms with Gasteiger partial charge in [0.1, 0.15) is 0 Å². The molecule has 0 saturated carbocycles. The van der Waals surface area contributed by atoms with Crippen molar-refractivity contribution in [3.8, 4) is 0 Å². The second-order valence-corrected chi connectivity index (χ2v) is 10.1. The van der Waals surface area contributed by atoms with Crippen molar-refractivity contribution in [2.75, 3.05) is 0 Å². The maximum atomic E-state index is 9.60. The molecule has 5 heteroatoms. The van der Waals surface area contributed by atoms with Crippen LogP contribution in [-0.4, -0.2) is 42.3 Å². The average molecular weight is 436 g/mol. The van der Waals surface area contributed by atoms with Gasteiger partial charge in [-0.3, -0.25) is 19.2 Å². The van der Waals surface area contributed by atoms with Gasteiger partial charge in [0, 0.05) is 17.1 Å². The molecule has 0 amide bonds. The number of rotatable bonds is 8. The zero-order chi connectivity index (χ0) is 21.3. The Morgan fingerprint density at radius 3 is 0.963 bits per heavy atom. The SMILES string of the molecule is CC(C)CC(=[OH+])CC(=[OH+])C(C)(C)C.CC(C)CC(=[OH+])CC(=[OH+])C(C)(C)C.[Cu]. The fraction of sp³-hybridized carbons (Fsp3) is 0.818. The van der Waals surface area contributed by atoms with Crippen molar-refractivity contribution in [1.29, 1.82) is 0 Å². The largest absolute Gasteiger partial charge is 0.311 e. The topological polar surface area (TPSA) is 85.6 Å². The Labute approximate surface area is 177 Å². The van der Waals surface area contributed by atoms with Crippen LogP contribution in [0.1, 0.15) is 94.9 Å². The Morgan fingerprint density at radius 1 is 0.593 bits per heavy atom. The Bertz CT molecular complexity index is 445. The number of hydrogen-bond acceptors (Lipinski definition) is 0. The Kier molecular flexibility index (Phi) is 15.3. The molecule has 0 fully saturated rings. The molecule has 4 nitrogen and oxygen atoms in total. The van der Waals surface area contributed by atoms with E-state index in [1.807, 2.05) is 69.2 Å². The first-order valence-corrected chi connectivity index (χ1v) is 9.64. The smallest absolute Gasteiger partial charge is 0.283 e. The minimum absolute atomic E-state index is 0. The van der Waals surface area contributed by atoms with Crippen LogP contribution in [0.4, 0.5) is 0 Å². The van der Waals surface area contributed by atoms with Crippen LogP contribution in [0, 0.1) is 22.7 Å². The molecule has 0 aromatic rings. The van der Waals surface area contributed by atoms with Crippen LogP contribution in [0.5, 0.6) is 0 Å². The van der Waals surface area contributed by atoms with Crippen molar-refractivity contribution < 1.29 is 36.2 Å². The predicted molar refractivity (Wildman–Crippen MR) is 115 cm³/mol. The van der Waals surface area contributed by atoms with E-state index < -0.39 is 0 Å². The third kappa shape index (κ3) is 18.3. The minimum atomic E-state index is -0.231. The molecule has 0 atom stereocenters. The summed E-state index contributed by atoms with van der Waals surface area (Å²) in [4.78, 5) is 38.2.